The number of halogens is 1. The van der Waals surface area contributed by atoms with Gasteiger partial charge in [-0.05, 0) is 18.6 Å². The topological polar surface area (TPSA) is 123 Å². The Morgan fingerprint density at radius 1 is 1.18 bits per heavy atom. The van der Waals surface area contributed by atoms with E-state index in [1.54, 1.807) is 6.92 Å². The Kier molecular flexibility index (Phi) is 6.69. The number of ketones is 1. The van der Waals surface area contributed by atoms with E-state index in [0.29, 0.717) is 6.42 Å². The smallest absolute Gasteiger partial charge is 0.344 e. The molecule has 9 nitrogen and oxygen atoms in total. The summed E-state index contributed by atoms with van der Waals surface area (Å²) in [6.45, 7) is 0.617. The van der Waals surface area contributed by atoms with Gasteiger partial charge in [-0.25, -0.2) is 14.0 Å². The lowest BCUT2D eigenvalue weighted by Crippen LogP contribution is -2.43. The van der Waals surface area contributed by atoms with Gasteiger partial charge in [-0.15, -0.1) is 0 Å². The third kappa shape index (κ3) is 4.45. The van der Waals surface area contributed by atoms with Crippen molar-refractivity contribution in [1.29, 1.82) is 0 Å². The Labute approximate surface area is 159 Å². The second kappa shape index (κ2) is 8.98. The van der Waals surface area contributed by atoms with Crippen molar-refractivity contribution < 1.29 is 23.5 Å². The van der Waals surface area contributed by atoms with Crippen LogP contribution in [0.15, 0.2) is 33.9 Å². The number of aromatic nitrogens is 2. The minimum absolute atomic E-state index is 0.143. The highest BCUT2D eigenvalue weighted by atomic mass is 19.1. The quantitative estimate of drug-likeness (QED) is 0.511. The van der Waals surface area contributed by atoms with Crippen molar-refractivity contribution in [2.24, 2.45) is 7.05 Å². The lowest BCUT2D eigenvalue weighted by atomic mass is 10.2. The molecule has 150 valence electrons. The third-order valence-corrected chi connectivity index (χ3v) is 3.86. The van der Waals surface area contributed by atoms with E-state index in [0.717, 1.165) is 15.2 Å². The van der Waals surface area contributed by atoms with Crippen LogP contribution in [0, 0.1) is 5.82 Å². The van der Waals surface area contributed by atoms with Crippen molar-refractivity contribution in [3.63, 3.8) is 0 Å². The average Bonchev–Trinajstić information content (AvgIpc) is 2.67. The van der Waals surface area contributed by atoms with E-state index in [-0.39, 0.29) is 18.1 Å². The number of benzene rings is 1. The van der Waals surface area contributed by atoms with E-state index in [4.69, 9.17) is 15.2 Å². The largest absolute Gasteiger partial charge is 0.479 e. The fourth-order valence-corrected chi connectivity index (χ4v) is 2.44. The fourth-order valence-electron chi connectivity index (χ4n) is 2.44. The van der Waals surface area contributed by atoms with E-state index >= 15 is 0 Å². The molecule has 0 aliphatic carbocycles. The predicted molar refractivity (Wildman–Crippen MR) is 97.8 cm³/mol. The number of esters is 1. The summed E-state index contributed by atoms with van der Waals surface area (Å²) in [7, 11) is 1.22. The van der Waals surface area contributed by atoms with Crippen LogP contribution in [0.5, 0.6) is 5.75 Å². The molecule has 0 fully saturated rings. The standard InChI is InChI=1S/C18H20FN3O6/c1-3-8-22-16(20)15(17(25)21(2)18(22)26)12(23)9-28-14(24)10-27-13-7-5-4-6-11(13)19/h4-7H,3,8-10,20H2,1-2H3. The second-order valence-corrected chi connectivity index (χ2v) is 5.86. The molecule has 0 amide bonds. The lowest BCUT2D eigenvalue weighted by Gasteiger charge is -2.14. The number of Topliss-reactive ketones (excluding diaryl/α,β-unsaturated/α-hetero) is 1. The van der Waals surface area contributed by atoms with Crippen LogP contribution < -0.4 is 21.7 Å². The first-order valence-electron chi connectivity index (χ1n) is 8.43. The Hall–Kier alpha value is -3.43. The van der Waals surface area contributed by atoms with Gasteiger partial charge < -0.3 is 15.2 Å². The molecule has 1 aromatic carbocycles. The number of hydrogen-bond acceptors (Lipinski definition) is 7. The van der Waals surface area contributed by atoms with Crippen molar-refractivity contribution in [3.8, 4) is 5.75 Å². The molecule has 0 aliphatic heterocycles. The van der Waals surface area contributed by atoms with E-state index in [9.17, 15) is 23.6 Å². The zero-order chi connectivity index (χ0) is 20.8. The lowest BCUT2D eigenvalue weighted by molar-refractivity contribution is -0.144. The number of anilines is 1. The molecule has 0 unspecified atom stereocenters. The molecule has 0 spiro atoms. The normalized spacial score (nSPS) is 10.5. The molecule has 0 saturated carbocycles. The molecule has 0 saturated heterocycles. The number of nitrogens with two attached hydrogens (primary N) is 1. The summed E-state index contributed by atoms with van der Waals surface area (Å²) in [5.41, 5.74) is 3.87. The maximum atomic E-state index is 13.4. The van der Waals surface area contributed by atoms with Crippen LogP contribution in [0.4, 0.5) is 10.2 Å². The zero-order valence-corrected chi connectivity index (χ0v) is 15.4. The highest BCUT2D eigenvalue weighted by Crippen LogP contribution is 2.15. The van der Waals surface area contributed by atoms with Gasteiger partial charge in [0.15, 0.2) is 24.8 Å². The molecule has 10 heteroatoms. The minimum Gasteiger partial charge on any atom is -0.479 e. The number of hydrogen-bond donors (Lipinski definition) is 1. The van der Waals surface area contributed by atoms with Crippen LogP contribution in [0.25, 0.3) is 0 Å². The monoisotopic (exact) mass is 393 g/mol. The summed E-state index contributed by atoms with van der Waals surface area (Å²) in [6, 6.07) is 5.47. The van der Waals surface area contributed by atoms with Gasteiger partial charge in [-0.2, -0.15) is 0 Å². The summed E-state index contributed by atoms with van der Waals surface area (Å²) >= 11 is 0. The van der Waals surface area contributed by atoms with Gasteiger partial charge in [0.05, 0.1) is 0 Å². The molecular weight excluding hydrogens is 373 g/mol. The van der Waals surface area contributed by atoms with Gasteiger partial charge in [0.1, 0.15) is 11.4 Å². The second-order valence-electron chi connectivity index (χ2n) is 5.86. The van der Waals surface area contributed by atoms with Crippen LogP contribution in [0.1, 0.15) is 23.7 Å². The first-order chi connectivity index (χ1) is 13.3. The van der Waals surface area contributed by atoms with E-state index in [2.05, 4.69) is 0 Å². The fraction of sp³-hybridized carbons (Fsp3) is 0.333. The Balaban J connectivity index is 2.09. The van der Waals surface area contributed by atoms with E-state index in [1.807, 2.05) is 0 Å². The van der Waals surface area contributed by atoms with Gasteiger partial charge in [-0.1, -0.05) is 19.1 Å². The van der Waals surface area contributed by atoms with Crippen molar-refractivity contribution in [3.05, 3.63) is 56.5 Å². The minimum atomic E-state index is -0.936. The zero-order valence-electron chi connectivity index (χ0n) is 15.4. The molecule has 0 bridgehead atoms. The molecule has 1 heterocycles. The van der Waals surface area contributed by atoms with Crippen LogP contribution in [0.2, 0.25) is 0 Å². The maximum Gasteiger partial charge on any atom is 0.344 e. The van der Waals surface area contributed by atoms with E-state index < -0.39 is 47.6 Å². The molecule has 0 aliphatic rings. The predicted octanol–water partition coefficient (Wildman–Crippen LogP) is 0.483. The molecule has 0 radical (unpaired) electrons. The van der Waals surface area contributed by atoms with Crippen LogP contribution in [-0.4, -0.2) is 34.1 Å². The summed E-state index contributed by atoms with van der Waals surface area (Å²) in [5, 5.41) is 0. The van der Waals surface area contributed by atoms with Gasteiger partial charge in [-0.3, -0.25) is 18.7 Å². The van der Waals surface area contributed by atoms with E-state index in [1.165, 1.54) is 25.2 Å². The SMILES string of the molecule is CCCn1c(N)c(C(=O)COC(=O)COc2ccccc2F)c(=O)n(C)c1=O. The average molecular weight is 393 g/mol. The first-order valence-corrected chi connectivity index (χ1v) is 8.43. The Morgan fingerprint density at radius 3 is 2.50 bits per heavy atom. The van der Waals surface area contributed by atoms with Crippen molar-refractivity contribution >= 4 is 17.6 Å². The summed E-state index contributed by atoms with van der Waals surface area (Å²) < 4.78 is 25.0. The van der Waals surface area contributed by atoms with Crippen molar-refractivity contribution in [2.75, 3.05) is 18.9 Å². The molecule has 28 heavy (non-hydrogen) atoms. The number of rotatable bonds is 8. The Morgan fingerprint density at radius 2 is 1.86 bits per heavy atom. The Bertz CT molecular complexity index is 1010. The number of carbonyl (C=O) groups is 2. The van der Waals surface area contributed by atoms with Crippen LogP contribution >= 0.6 is 0 Å². The van der Waals surface area contributed by atoms with Gasteiger partial charge in [0, 0.05) is 13.6 Å². The molecular formula is C18H20FN3O6. The van der Waals surface area contributed by atoms with Crippen LogP contribution in [-0.2, 0) is 23.1 Å². The first kappa shape index (κ1) is 20.9. The van der Waals surface area contributed by atoms with Crippen LogP contribution in [0.3, 0.4) is 0 Å². The van der Waals surface area contributed by atoms with Crippen molar-refractivity contribution in [2.45, 2.75) is 19.9 Å². The number of nitrogens with zero attached hydrogens (tertiary/aromatic N) is 2. The molecule has 0 atom stereocenters. The van der Waals surface area contributed by atoms with Gasteiger partial charge >= 0.3 is 11.7 Å². The summed E-state index contributed by atoms with van der Waals surface area (Å²) in [4.78, 5) is 48.4. The number of ether oxygens (including phenoxy) is 2. The van der Waals surface area contributed by atoms with Crippen molar-refractivity contribution in [1.82, 2.24) is 9.13 Å². The van der Waals surface area contributed by atoms with Gasteiger partial charge in [0.2, 0.25) is 5.78 Å². The van der Waals surface area contributed by atoms with Gasteiger partial charge in [0.25, 0.3) is 5.56 Å². The molecule has 2 N–H and O–H groups in total. The molecule has 2 aromatic rings. The molecule has 1 aromatic heterocycles. The highest BCUT2D eigenvalue weighted by molar-refractivity contribution is 6.01. The molecule has 2 rings (SSSR count). The number of nitrogen functional groups attached to an aromatic ring is 1. The number of carbonyl (C=O) groups excluding carboxylic acids is 2. The summed E-state index contributed by atoms with van der Waals surface area (Å²) in [5.74, 6) is -2.87. The maximum absolute atomic E-state index is 13.4. The third-order valence-electron chi connectivity index (χ3n) is 3.86. The number of para-hydroxylation sites is 1. The highest BCUT2D eigenvalue weighted by Gasteiger charge is 2.22. The summed E-state index contributed by atoms with van der Waals surface area (Å²) in [6.07, 6.45) is 0.554.